The van der Waals surface area contributed by atoms with E-state index in [0.717, 1.165) is 12.8 Å². The summed E-state index contributed by atoms with van der Waals surface area (Å²) in [6.45, 7) is 2.35. The van der Waals surface area contributed by atoms with Gasteiger partial charge in [-0.05, 0) is 6.42 Å². The van der Waals surface area contributed by atoms with Gasteiger partial charge in [-0.25, -0.2) is 0 Å². The average Bonchev–Trinajstić information content (AvgIpc) is 2.25. The summed E-state index contributed by atoms with van der Waals surface area (Å²) in [6.07, 6.45) is 9.74. The van der Waals surface area contributed by atoms with E-state index in [1.165, 1.54) is 32.1 Å². The molecule has 0 radical (unpaired) electrons. The van der Waals surface area contributed by atoms with Crippen LogP contribution in [0.2, 0.25) is 0 Å². The lowest BCUT2D eigenvalue weighted by molar-refractivity contribution is -0.122. The first-order chi connectivity index (χ1) is 7.31. The Bertz CT molecular complexity index is 169. The molecule has 0 aliphatic heterocycles. The van der Waals surface area contributed by atoms with Crippen LogP contribution in [0.1, 0.15) is 58.3 Å². The summed E-state index contributed by atoms with van der Waals surface area (Å²) in [7, 11) is 0. The summed E-state index contributed by atoms with van der Waals surface area (Å²) in [6, 6.07) is 0. The molecule has 0 aromatic heterocycles. The minimum absolute atomic E-state index is 0.00402. The van der Waals surface area contributed by atoms with Crippen molar-refractivity contribution in [2.24, 2.45) is 0 Å². The van der Waals surface area contributed by atoms with Crippen LogP contribution in [0.15, 0.2) is 0 Å². The fraction of sp³-hybridized carbons (Fsp3) is 0.833. The predicted molar refractivity (Wildman–Crippen MR) is 61.7 cm³/mol. The van der Waals surface area contributed by atoms with E-state index in [-0.39, 0.29) is 12.5 Å². The largest absolute Gasteiger partial charge is 0.349 e. The van der Waals surface area contributed by atoms with Crippen molar-refractivity contribution in [1.82, 2.24) is 5.32 Å². The second-order valence-corrected chi connectivity index (χ2v) is 3.84. The fourth-order valence-corrected chi connectivity index (χ4v) is 1.49. The molecule has 0 bridgehead atoms. The Morgan fingerprint density at radius 3 is 2.27 bits per heavy atom. The molecule has 1 amide bonds. The fourth-order valence-electron chi connectivity index (χ4n) is 1.49. The molecular weight excluding hydrogens is 190 g/mol. The van der Waals surface area contributed by atoms with Gasteiger partial charge in [-0.1, -0.05) is 45.4 Å². The molecule has 0 unspecified atom stereocenters. The third-order valence-corrected chi connectivity index (χ3v) is 2.39. The molecule has 0 aliphatic rings. The van der Waals surface area contributed by atoms with Crippen LogP contribution >= 0.6 is 0 Å². The van der Waals surface area contributed by atoms with Gasteiger partial charge in [0, 0.05) is 6.42 Å². The minimum atomic E-state index is -0.00402. The highest BCUT2D eigenvalue weighted by Crippen LogP contribution is 2.07. The number of hydrogen-bond acceptors (Lipinski definition) is 2. The number of carbonyl (C=O) groups excluding carboxylic acids is 2. The molecule has 3 nitrogen and oxygen atoms in total. The normalized spacial score (nSPS) is 9.93. The highest BCUT2D eigenvalue weighted by Gasteiger charge is 1.99. The minimum Gasteiger partial charge on any atom is -0.349 e. The summed E-state index contributed by atoms with van der Waals surface area (Å²) in [4.78, 5) is 21.0. The molecule has 0 spiro atoms. The van der Waals surface area contributed by atoms with Gasteiger partial charge in [0.15, 0.2) is 0 Å². The van der Waals surface area contributed by atoms with E-state index in [9.17, 15) is 9.59 Å². The Kier molecular flexibility index (Phi) is 10.6. The van der Waals surface area contributed by atoms with Crippen molar-refractivity contribution < 1.29 is 9.59 Å². The molecule has 0 aliphatic carbocycles. The topological polar surface area (TPSA) is 46.2 Å². The zero-order chi connectivity index (χ0) is 11.4. The maximum absolute atomic E-state index is 11.1. The summed E-state index contributed by atoms with van der Waals surface area (Å²) >= 11 is 0. The van der Waals surface area contributed by atoms with Crippen LogP contribution in [0.25, 0.3) is 0 Å². The van der Waals surface area contributed by atoms with E-state index in [0.29, 0.717) is 12.7 Å². The number of rotatable bonds is 10. The van der Waals surface area contributed by atoms with Gasteiger partial charge in [-0.2, -0.15) is 0 Å². The molecule has 0 fully saturated rings. The van der Waals surface area contributed by atoms with E-state index in [1.807, 2.05) is 0 Å². The van der Waals surface area contributed by atoms with Crippen LogP contribution in [0.3, 0.4) is 0 Å². The van der Waals surface area contributed by atoms with Gasteiger partial charge in [0.2, 0.25) is 5.91 Å². The monoisotopic (exact) mass is 213 g/mol. The summed E-state index contributed by atoms with van der Waals surface area (Å²) in [5.41, 5.74) is 0. The quantitative estimate of drug-likeness (QED) is 0.447. The molecule has 0 heterocycles. The first-order valence-corrected chi connectivity index (χ1v) is 6.01. The smallest absolute Gasteiger partial charge is 0.220 e. The van der Waals surface area contributed by atoms with Crippen LogP contribution < -0.4 is 5.32 Å². The lowest BCUT2D eigenvalue weighted by Gasteiger charge is -2.01. The van der Waals surface area contributed by atoms with Gasteiger partial charge in [-0.15, -0.1) is 0 Å². The average molecular weight is 213 g/mol. The number of unbranched alkanes of at least 4 members (excludes halogenated alkanes) is 6. The highest BCUT2D eigenvalue weighted by atomic mass is 16.2. The van der Waals surface area contributed by atoms with Crippen molar-refractivity contribution >= 4 is 12.2 Å². The third-order valence-electron chi connectivity index (χ3n) is 2.39. The lowest BCUT2D eigenvalue weighted by atomic mass is 10.1. The van der Waals surface area contributed by atoms with Gasteiger partial charge >= 0.3 is 0 Å². The molecule has 0 rings (SSSR count). The van der Waals surface area contributed by atoms with Gasteiger partial charge in [-0.3, -0.25) is 4.79 Å². The van der Waals surface area contributed by atoms with Gasteiger partial charge in [0.05, 0.1) is 6.54 Å². The molecule has 3 heteroatoms. The van der Waals surface area contributed by atoms with Crippen LogP contribution in [0, 0.1) is 0 Å². The zero-order valence-electron chi connectivity index (χ0n) is 9.76. The Morgan fingerprint density at radius 1 is 1.07 bits per heavy atom. The Labute approximate surface area is 92.6 Å². The van der Waals surface area contributed by atoms with E-state index < -0.39 is 0 Å². The van der Waals surface area contributed by atoms with Crippen molar-refractivity contribution in [3.05, 3.63) is 0 Å². The van der Waals surface area contributed by atoms with Crippen LogP contribution in [0.5, 0.6) is 0 Å². The first-order valence-electron chi connectivity index (χ1n) is 6.01. The molecule has 88 valence electrons. The van der Waals surface area contributed by atoms with Crippen LogP contribution in [0.4, 0.5) is 0 Å². The molecular formula is C12H23NO2. The SMILES string of the molecule is CCCCCCCCCC(=O)NCC=O. The van der Waals surface area contributed by atoms with E-state index >= 15 is 0 Å². The summed E-state index contributed by atoms with van der Waals surface area (Å²) in [5, 5.41) is 2.54. The number of hydrogen-bond donors (Lipinski definition) is 1. The van der Waals surface area contributed by atoms with E-state index in [1.54, 1.807) is 0 Å². The van der Waals surface area contributed by atoms with Crippen LogP contribution in [-0.2, 0) is 9.59 Å². The molecule has 15 heavy (non-hydrogen) atoms. The molecule has 1 N–H and O–H groups in total. The van der Waals surface area contributed by atoms with E-state index in [4.69, 9.17) is 0 Å². The predicted octanol–water partition coefficient (Wildman–Crippen LogP) is 2.44. The van der Waals surface area contributed by atoms with Gasteiger partial charge in [0.25, 0.3) is 0 Å². The first kappa shape index (κ1) is 14.1. The molecule has 0 saturated heterocycles. The van der Waals surface area contributed by atoms with Crippen LogP contribution in [-0.4, -0.2) is 18.7 Å². The van der Waals surface area contributed by atoms with E-state index in [2.05, 4.69) is 12.2 Å². The van der Waals surface area contributed by atoms with Gasteiger partial charge in [0.1, 0.15) is 6.29 Å². The molecule has 0 saturated carbocycles. The van der Waals surface area contributed by atoms with Crippen molar-refractivity contribution in [1.29, 1.82) is 0 Å². The number of nitrogens with one attached hydrogen (secondary N) is 1. The van der Waals surface area contributed by atoms with Crippen molar-refractivity contribution in [3.63, 3.8) is 0 Å². The standard InChI is InChI=1S/C12H23NO2/c1-2-3-4-5-6-7-8-9-12(15)13-10-11-14/h11H,2-10H2,1H3,(H,13,15). The number of amides is 1. The van der Waals surface area contributed by atoms with Crippen molar-refractivity contribution in [2.75, 3.05) is 6.54 Å². The summed E-state index contributed by atoms with van der Waals surface area (Å²) in [5.74, 6) is -0.00402. The number of aldehydes is 1. The van der Waals surface area contributed by atoms with Crippen molar-refractivity contribution in [2.45, 2.75) is 58.3 Å². The maximum Gasteiger partial charge on any atom is 0.220 e. The van der Waals surface area contributed by atoms with Gasteiger partial charge < -0.3 is 10.1 Å². The highest BCUT2D eigenvalue weighted by molar-refractivity contribution is 5.78. The Morgan fingerprint density at radius 2 is 1.67 bits per heavy atom. The Balaban J connectivity index is 3.09. The van der Waals surface area contributed by atoms with Crippen molar-refractivity contribution in [3.8, 4) is 0 Å². The zero-order valence-corrected chi connectivity index (χ0v) is 9.76. The second kappa shape index (κ2) is 11.2. The number of carbonyl (C=O) groups is 2. The third kappa shape index (κ3) is 11.1. The molecule has 0 aromatic rings. The molecule has 0 aromatic carbocycles. The Hall–Kier alpha value is -0.860. The second-order valence-electron chi connectivity index (χ2n) is 3.84. The summed E-state index contributed by atoms with van der Waals surface area (Å²) < 4.78 is 0. The molecule has 0 atom stereocenters. The lowest BCUT2D eigenvalue weighted by Crippen LogP contribution is -2.24. The maximum atomic E-state index is 11.1.